The molecule has 1 saturated heterocycles. The molecular weight excluding hydrogens is 502 g/mol. The third-order valence-corrected chi connectivity index (χ3v) is 7.24. The largest absolute Gasteiger partial charge is 0.350 e. The summed E-state index contributed by atoms with van der Waals surface area (Å²) in [6.45, 7) is 7.21. The standard InChI is InChI=1S/C30H39N9O/c1-20(2)26-19-33-39-28(26)35-30(38-15-12-23(31)13-16-38)36-29(39)32-18-22-8-5-7-21-10-11-24(17-25(21)22)34-27(40)9-6-14-37(3)4/h5-11,17,19-20,23H,12-16,18,31H2,1-4H3,(H,34,40)(H,32,35,36)/b9-6+. The highest BCUT2D eigenvalue weighted by molar-refractivity contribution is 6.01. The highest BCUT2D eigenvalue weighted by Gasteiger charge is 2.22. The summed E-state index contributed by atoms with van der Waals surface area (Å²) < 4.78 is 1.80. The highest BCUT2D eigenvalue weighted by Crippen LogP contribution is 2.27. The van der Waals surface area contributed by atoms with Gasteiger partial charge in [-0.3, -0.25) is 4.79 Å². The van der Waals surface area contributed by atoms with E-state index in [4.69, 9.17) is 15.7 Å². The number of carbonyl (C=O) groups is 1. The van der Waals surface area contributed by atoms with Crippen LogP contribution in [0.25, 0.3) is 16.4 Å². The molecule has 0 atom stereocenters. The number of carbonyl (C=O) groups excluding carboxylic acids is 1. The number of nitrogens with zero attached hydrogens (tertiary/aromatic N) is 6. The Kier molecular flexibility index (Phi) is 8.27. The van der Waals surface area contributed by atoms with Gasteiger partial charge in [0.15, 0.2) is 5.65 Å². The van der Waals surface area contributed by atoms with Crippen LogP contribution in [0.1, 0.15) is 43.7 Å². The van der Waals surface area contributed by atoms with Crippen LogP contribution in [0.3, 0.4) is 0 Å². The van der Waals surface area contributed by atoms with Crippen LogP contribution in [0.4, 0.5) is 17.6 Å². The number of hydrogen-bond donors (Lipinski definition) is 3. The number of piperidine rings is 1. The Morgan fingerprint density at radius 1 is 1.18 bits per heavy atom. The third-order valence-electron chi connectivity index (χ3n) is 7.24. The summed E-state index contributed by atoms with van der Waals surface area (Å²) in [5.41, 5.74) is 9.90. The zero-order chi connectivity index (χ0) is 28.2. The van der Waals surface area contributed by atoms with Gasteiger partial charge in [-0.15, -0.1) is 0 Å². The molecule has 10 heteroatoms. The molecular formula is C30H39N9O. The van der Waals surface area contributed by atoms with Gasteiger partial charge in [-0.1, -0.05) is 44.2 Å². The fourth-order valence-corrected chi connectivity index (χ4v) is 4.94. The highest BCUT2D eigenvalue weighted by atomic mass is 16.1. The first kappa shape index (κ1) is 27.5. The minimum absolute atomic E-state index is 0.147. The summed E-state index contributed by atoms with van der Waals surface area (Å²) in [5, 5.41) is 13.3. The van der Waals surface area contributed by atoms with Crippen molar-refractivity contribution >= 4 is 39.9 Å². The number of nitrogens with one attached hydrogen (secondary N) is 2. The zero-order valence-corrected chi connectivity index (χ0v) is 23.8. The third kappa shape index (κ3) is 6.24. The quantitative estimate of drug-likeness (QED) is 0.272. The fourth-order valence-electron chi connectivity index (χ4n) is 4.94. The first-order valence-corrected chi connectivity index (χ1v) is 13.9. The van der Waals surface area contributed by atoms with E-state index in [1.165, 1.54) is 0 Å². The minimum atomic E-state index is -0.147. The lowest BCUT2D eigenvalue weighted by molar-refractivity contribution is -0.111. The van der Waals surface area contributed by atoms with Gasteiger partial charge in [-0.2, -0.15) is 19.6 Å². The van der Waals surface area contributed by atoms with Crippen LogP contribution < -0.4 is 21.3 Å². The first-order chi connectivity index (χ1) is 19.3. The van der Waals surface area contributed by atoms with Gasteiger partial charge < -0.3 is 26.2 Å². The molecule has 1 fully saturated rings. The molecule has 0 aliphatic carbocycles. The van der Waals surface area contributed by atoms with Gasteiger partial charge in [0.1, 0.15) is 0 Å². The van der Waals surface area contributed by atoms with Crippen molar-refractivity contribution < 1.29 is 4.79 Å². The SMILES string of the molecule is CC(C)c1cnn2c(NCc3cccc4ccc(NC(=O)/C=C/CN(C)C)cc34)nc(N3CCC(N)CC3)nc12. The van der Waals surface area contributed by atoms with E-state index in [0.29, 0.717) is 25.0 Å². The van der Waals surface area contributed by atoms with Crippen LogP contribution in [0.2, 0.25) is 0 Å². The molecule has 1 aliphatic heterocycles. The van der Waals surface area contributed by atoms with Crippen LogP contribution in [-0.4, -0.2) is 70.2 Å². The molecule has 40 heavy (non-hydrogen) atoms. The van der Waals surface area contributed by atoms with Crippen molar-refractivity contribution in [1.29, 1.82) is 0 Å². The number of rotatable bonds is 9. The normalized spacial score (nSPS) is 14.7. The van der Waals surface area contributed by atoms with Gasteiger partial charge in [-0.25, -0.2) is 0 Å². The van der Waals surface area contributed by atoms with Crippen molar-refractivity contribution in [3.05, 3.63) is 65.9 Å². The molecule has 10 nitrogen and oxygen atoms in total. The van der Waals surface area contributed by atoms with Gasteiger partial charge in [-0.05, 0) is 61.3 Å². The fraction of sp³-hybridized carbons (Fsp3) is 0.400. The molecule has 2 aromatic heterocycles. The number of hydrogen-bond acceptors (Lipinski definition) is 8. The second-order valence-corrected chi connectivity index (χ2v) is 11.0. The molecule has 1 aliphatic rings. The Labute approximate surface area is 235 Å². The summed E-state index contributed by atoms with van der Waals surface area (Å²) >= 11 is 0. The minimum Gasteiger partial charge on any atom is -0.350 e. The van der Waals surface area contributed by atoms with Crippen LogP contribution in [0.5, 0.6) is 0 Å². The average molecular weight is 542 g/mol. The zero-order valence-electron chi connectivity index (χ0n) is 23.8. The maximum absolute atomic E-state index is 12.4. The van der Waals surface area contributed by atoms with Crippen LogP contribution in [0.15, 0.2) is 54.7 Å². The average Bonchev–Trinajstić information content (AvgIpc) is 3.36. The number of amides is 1. The molecule has 1 amide bonds. The van der Waals surface area contributed by atoms with E-state index in [1.54, 1.807) is 10.6 Å². The number of aromatic nitrogens is 4. The Bertz CT molecular complexity index is 1520. The van der Waals surface area contributed by atoms with E-state index in [-0.39, 0.29) is 17.9 Å². The van der Waals surface area contributed by atoms with E-state index >= 15 is 0 Å². The molecule has 0 bridgehead atoms. The monoisotopic (exact) mass is 541 g/mol. The lowest BCUT2D eigenvalue weighted by Crippen LogP contribution is -2.40. The van der Waals surface area contributed by atoms with Crippen LogP contribution in [0, 0.1) is 0 Å². The summed E-state index contributed by atoms with van der Waals surface area (Å²) in [5.74, 6) is 1.49. The Morgan fingerprint density at radius 2 is 1.98 bits per heavy atom. The number of likely N-dealkylation sites (N-methyl/N-ethyl adjacent to an activating group) is 1. The van der Waals surface area contributed by atoms with Gasteiger partial charge >= 0.3 is 0 Å². The van der Waals surface area contributed by atoms with E-state index in [9.17, 15) is 4.79 Å². The van der Waals surface area contributed by atoms with E-state index in [2.05, 4.69) is 46.6 Å². The summed E-state index contributed by atoms with van der Waals surface area (Å²) in [6, 6.07) is 12.4. The van der Waals surface area contributed by atoms with Gasteiger partial charge in [0.05, 0.1) is 6.20 Å². The number of nitrogens with two attached hydrogens (primary N) is 1. The summed E-state index contributed by atoms with van der Waals surface area (Å²) in [4.78, 5) is 26.5. The van der Waals surface area contributed by atoms with E-state index in [0.717, 1.165) is 59.2 Å². The van der Waals surface area contributed by atoms with Crippen LogP contribution >= 0.6 is 0 Å². The topological polar surface area (TPSA) is 117 Å². The maximum Gasteiger partial charge on any atom is 0.248 e. The Morgan fingerprint density at radius 3 is 2.73 bits per heavy atom. The molecule has 0 saturated carbocycles. The Balaban J connectivity index is 1.42. The van der Waals surface area contributed by atoms with Crippen molar-refractivity contribution in [3.8, 4) is 0 Å². The van der Waals surface area contributed by atoms with Crippen LogP contribution in [-0.2, 0) is 11.3 Å². The van der Waals surface area contributed by atoms with Gasteiger partial charge in [0.25, 0.3) is 0 Å². The van der Waals surface area contributed by atoms with E-state index < -0.39 is 0 Å². The molecule has 5 rings (SSSR count). The predicted molar refractivity (Wildman–Crippen MR) is 162 cm³/mol. The molecule has 4 N–H and O–H groups in total. The maximum atomic E-state index is 12.4. The lowest BCUT2D eigenvalue weighted by Gasteiger charge is -2.30. The number of fused-ring (bicyclic) bond motifs is 2. The van der Waals surface area contributed by atoms with Crippen molar-refractivity contribution in [3.63, 3.8) is 0 Å². The van der Waals surface area contributed by atoms with Gasteiger partial charge in [0, 0.05) is 49.5 Å². The molecule has 4 aromatic rings. The molecule has 0 unspecified atom stereocenters. The van der Waals surface area contributed by atoms with Crippen molar-refractivity contribution in [2.45, 2.75) is 45.2 Å². The summed E-state index contributed by atoms with van der Waals surface area (Å²) in [6.07, 6.45) is 7.15. The number of benzene rings is 2. The second kappa shape index (κ2) is 12.0. The lowest BCUT2D eigenvalue weighted by atomic mass is 10.0. The first-order valence-electron chi connectivity index (χ1n) is 13.9. The molecule has 0 radical (unpaired) electrons. The number of anilines is 3. The molecule has 210 valence electrons. The Hall–Kier alpha value is -4.02. The summed E-state index contributed by atoms with van der Waals surface area (Å²) in [7, 11) is 3.93. The molecule has 0 spiro atoms. The van der Waals surface area contributed by atoms with Crippen molar-refractivity contribution in [1.82, 2.24) is 24.5 Å². The van der Waals surface area contributed by atoms with Crippen molar-refractivity contribution in [2.24, 2.45) is 5.73 Å². The molecule has 3 heterocycles. The van der Waals surface area contributed by atoms with Gasteiger partial charge in [0.2, 0.25) is 17.8 Å². The smallest absolute Gasteiger partial charge is 0.248 e. The second-order valence-electron chi connectivity index (χ2n) is 11.0. The predicted octanol–water partition coefficient (Wildman–Crippen LogP) is 4.00. The van der Waals surface area contributed by atoms with Crippen molar-refractivity contribution in [2.75, 3.05) is 49.3 Å². The van der Waals surface area contributed by atoms with E-state index in [1.807, 2.05) is 55.5 Å². The molecule has 2 aromatic carbocycles.